The Hall–Kier alpha value is -1.30. The van der Waals surface area contributed by atoms with Gasteiger partial charge in [0, 0.05) is 24.3 Å². The van der Waals surface area contributed by atoms with Gasteiger partial charge in [0.05, 0.1) is 0 Å². The first kappa shape index (κ1) is 16.1. The van der Waals surface area contributed by atoms with E-state index in [4.69, 9.17) is 10.5 Å². The molecule has 1 unspecified atom stereocenters. The lowest BCUT2D eigenvalue weighted by Crippen LogP contribution is -2.45. The molecule has 0 bridgehead atoms. The number of piperidine rings is 1. The van der Waals surface area contributed by atoms with Crippen molar-refractivity contribution in [3.05, 3.63) is 24.3 Å². The van der Waals surface area contributed by atoms with Gasteiger partial charge in [-0.1, -0.05) is 6.07 Å². The van der Waals surface area contributed by atoms with Crippen LogP contribution >= 0.6 is 0 Å². The third-order valence-electron chi connectivity index (χ3n) is 4.06. The molecule has 118 valence electrons. The second kappa shape index (κ2) is 7.64. The molecule has 1 fully saturated rings. The summed E-state index contributed by atoms with van der Waals surface area (Å²) in [5.41, 5.74) is 6.37. The summed E-state index contributed by atoms with van der Waals surface area (Å²) in [7, 11) is 4.27. The first-order valence-corrected chi connectivity index (χ1v) is 7.60. The molecule has 0 aliphatic carbocycles. The SMILES string of the molecule is CN(C)C1CCN(CC(O)COc2cccc(N)c2)CC1. The lowest BCUT2D eigenvalue weighted by atomic mass is 10.0. The number of nitrogen functional groups attached to an aromatic ring is 1. The topological polar surface area (TPSA) is 62.0 Å². The van der Waals surface area contributed by atoms with E-state index in [9.17, 15) is 5.11 Å². The van der Waals surface area contributed by atoms with E-state index in [2.05, 4.69) is 23.9 Å². The standard InChI is InChI=1S/C16H27N3O2/c1-18(2)14-6-8-19(9-7-14)11-15(20)12-21-16-5-3-4-13(17)10-16/h3-5,10,14-15,20H,6-9,11-12,17H2,1-2H3. The minimum Gasteiger partial charge on any atom is -0.491 e. The summed E-state index contributed by atoms with van der Waals surface area (Å²) in [6.07, 6.45) is 1.85. The molecule has 1 aromatic carbocycles. The molecule has 5 heteroatoms. The molecular weight excluding hydrogens is 266 g/mol. The van der Waals surface area contributed by atoms with Crippen LogP contribution in [0.2, 0.25) is 0 Å². The first-order chi connectivity index (χ1) is 10.0. The smallest absolute Gasteiger partial charge is 0.121 e. The number of β-amino-alcohol motifs (C(OH)–C–C–N with tert-alkyl or cyclic N) is 1. The Morgan fingerprint density at radius 3 is 2.71 bits per heavy atom. The van der Waals surface area contributed by atoms with Crippen LogP contribution in [-0.2, 0) is 0 Å². The molecule has 1 aromatic rings. The predicted molar refractivity (Wildman–Crippen MR) is 85.5 cm³/mol. The molecule has 5 nitrogen and oxygen atoms in total. The highest BCUT2D eigenvalue weighted by atomic mass is 16.5. The molecular formula is C16H27N3O2. The number of benzene rings is 1. The zero-order chi connectivity index (χ0) is 15.2. The van der Waals surface area contributed by atoms with Crippen molar-refractivity contribution in [2.75, 3.05) is 46.1 Å². The molecule has 1 heterocycles. The van der Waals surface area contributed by atoms with Crippen molar-refractivity contribution in [1.82, 2.24) is 9.80 Å². The number of aliphatic hydroxyl groups is 1. The van der Waals surface area contributed by atoms with E-state index < -0.39 is 6.10 Å². The highest BCUT2D eigenvalue weighted by molar-refractivity contribution is 5.43. The lowest BCUT2D eigenvalue weighted by Gasteiger charge is -2.35. The first-order valence-electron chi connectivity index (χ1n) is 7.60. The maximum atomic E-state index is 10.1. The molecule has 0 spiro atoms. The second-order valence-electron chi connectivity index (χ2n) is 6.03. The van der Waals surface area contributed by atoms with E-state index in [1.165, 1.54) is 0 Å². The van der Waals surface area contributed by atoms with E-state index in [0.29, 0.717) is 30.6 Å². The van der Waals surface area contributed by atoms with Gasteiger partial charge in [0.2, 0.25) is 0 Å². The van der Waals surface area contributed by atoms with Gasteiger partial charge >= 0.3 is 0 Å². The van der Waals surface area contributed by atoms with Gasteiger partial charge in [0.15, 0.2) is 0 Å². The molecule has 0 saturated carbocycles. The maximum Gasteiger partial charge on any atom is 0.121 e. The van der Waals surface area contributed by atoms with Gasteiger partial charge < -0.3 is 25.4 Å². The van der Waals surface area contributed by atoms with Crippen molar-refractivity contribution < 1.29 is 9.84 Å². The molecule has 1 atom stereocenters. The highest BCUT2D eigenvalue weighted by Gasteiger charge is 2.22. The Labute approximate surface area is 127 Å². The number of aliphatic hydroxyl groups excluding tert-OH is 1. The van der Waals surface area contributed by atoms with Gasteiger partial charge in [-0.05, 0) is 52.2 Å². The number of hydrogen-bond acceptors (Lipinski definition) is 5. The molecule has 21 heavy (non-hydrogen) atoms. The Balaban J connectivity index is 1.69. The minimum atomic E-state index is -0.470. The van der Waals surface area contributed by atoms with Crippen LogP contribution in [0.5, 0.6) is 5.75 Å². The van der Waals surface area contributed by atoms with Crippen molar-refractivity contribution in [1.29, 1.82) is 0 Å². The summed E-state index contributed by atoms with van der Waals surface area (Å²) in [4.78, 5) is 4.60. The Morgan fingerprint density at radius 2 is 2.10 bits per heavy atom. The van der Waals surface area contributed by atoms with Crippen molar-refractivity contribution in [2.45, 2.75) is 25.0 Å². The van der Waals surface area contributed by atoms with Gasteiger partial charge in [0.25, 0.3) is 0 Å². The zero-order valence-electron chi connectivity index (χ0n) is 13.0. The van der Waals surface area contributed by atoms with Crippen LogP contribution in [0, 0.1) is 0 Å². The van der Waals surface area contributed by atoms with E-state index >= 15 is 0 Å². The number of nitrogens with two attached hydrogens (primary N) is 1. The van der Waals surface area contributed by atoms with E-state index in [0.717, 1.165) is 25.9 Å². The summed E-state index contributed by atoms with van der Waals surface area (Å²) in [5, 5.41) is 10.1. The monoisotopic (exact) mass is 293 g/mol. The molecule has 1 aliphatic rings. The molecule has 2 rings (SSSR count). The fourth-order valence-corrected chi connectivity index (χ4v) is 2.77. The minimum absolute atomic E-state index is 0.303. The van der Waals surface area contributed by atoms with Crippen molar-refractivity contribution >= 4 is 5.69 Å². The quantitative estimate of drug-likeness (QED) is 0.767. The number of rotatable bonds is 6. The third kappa shape index (κ3) is 5.19. The summed E-state index contributed by atoms with van der Waals surface area (Å²) in [6.45, 7) is 3.05. The predicted octanol–water partition coefficient (Wildman–Crippen LogP) is 1.03. The highest BCUT2D eigenvalue weighted by Crippen LogP contribution is 2.16. The lowest BCUT2D eigenvalue weighted by molar-refractivity contribution is 0.0506. The number of hydrogen-bond donors (Lipinski definition) is 2. The summed E-state index contributed by atoms with van der Waals surface area (Å²) in [6, 6.07) is 7.96. The largest absolute Gasteiger partial charge is 0.491 e. The van der Waals surface area contributed by atoms with Crippen molar-refractivity contribution in [2.24, 2.45) is 0 Å². The molecule has 0 radical (unpaired) electrons. The van der Waals surface area contributed by atoms with Crippen molar-refractivity contribution in [3.63, 3.8) is 0 Å². The van der Waals surface area contributed by atoms with Crippen LogP contribution in [0.25, 0.3) is 0 Å². The molecule has 3 N–H and O–H groups in total. The van der Waals surface area contributed by atoms with E-state index in [1.54, 1.807) is 6.07 Å². The molecule has 0 aromatic heterocycles. The number of nitrogens with zero attached hydrogens (tertiary/aromatic N) is 2. The summed E-state index contributed by atoms with van der Waals surface area (Å²) >= 11 is 0. The van der Waals surface area contributed by atoms with Crippen LogP contribution in [0.3, 0.4) is 0 Å². The Bertz CT molecular complexity index is 431. The fraction of sp³-hybridized carbons (Fsp3) is 0.625. The Kier molecular flexibility index (Phi) is 5.85. The van der Waals surface area contributed by atoms with Crippen LogP contribution in [-0.4, -0.2) is 67.4 Å². The summed E-state index contributed by atoms with van der Waals surface area (Å²) in [5.74, 6) is 0.709. The third-order valence-corrected chi connectivity index (χ3v) is 4.06. The summed E-state index contributed by atoms with van der Waals surface area (Å²) < 4.78 is 5.58. The second-order valence-corrected chi connectivity index (χ2v) is 6.03. The average Bonchev–Trinajstić information content (AvgIpc) is 2.46. The van der Waals surface area contributed by atoms with Gasteiger partial charge in [-0.15, -0.1) is 0 Å². The zero-order valence-corrected chi connectivity index (χ0v) is 13.0. The van der Waals surface area contributed by atoms with Gasteiger partial charge in [0.1, 0.15) is 18.5 Å². The number of likely N-dealkylation sites (tertiary alicyclic amines) is 1. The fourth-order valence-electron chi connectivity index (χ4n) is 2.77. The van der Waals surface area contributed by atoms with Gasteiger partial charge in [-0.3, -0.25) is 0 Å². The maximum absolute atomic E-state index is 10.1. The van der Waals surface area contributed by atoms with Crippen molar-refractivity contribution in [3.8, 4) is 5.75 Å². The van der Waals surface area contributed by atoms with E-state index in [1.807, 2.05) is 18.2 Å². The number of ether oxygens (including phenoxy) is 1. The van der Waals surface area contributed by atoms with Gasteiger partial charge in [-0.25, -0.2) is 0 Å². The van der Waals surface area contributed by atoms with Crippen LogP contribution < -0.4 is 10.5 Å². The van der Waals surface area contributed by atoms with Crippen LogP contribution in [0.4, 0.5) is 5.69 Å². The van der Waals surface area contributed by atoms with E-state index in [-0.39, 0.29) is 0 Å². The normalized spacial score (nSPS) is 18.9. The molecule has 0 amide bonds. The number of anilines is 1. The molecule has 1 aliphatic heterocycles. The molecule has 1 saturated heterocycles. The Morgan fingerprint density at radius 1 is 1.38 bits per heavy atom. The van der Waals surface area contributed by atoms with Crippen LogP contribution in [0.1, 0.15) is 12.8 Å². The average molecular weight is 293 g/mol. The van der Waals surface area contributed by atoms with Crippen LogP contribution in [0.15, 0.2) is 24.3 Å². The van der Waals surface area contributed by atoms with Gasteiger partial charge in [-0.2, -0.15) is 0 Å².